The molecule has 1 saturated heterocycles. The molecule has 2 amide bonds. The van der Waals surface area contributed by atoms with Gasteiger partial charge in [0.15, 0.2) is 0 Å². The normalized spacial score (nSPS) is 17.9. The van der Waals surface area contributed by atoms with Crippen molar-refractivity contribution in [3.63, 3.8) is 0 Å². The van der Waals surface area contributed by atoms with Crippen molar-refractivity contribution in [1.29, 1.82) is 0 Å². The van der Waals surface area contributed by atoms with Gasteiger partial charge >= 0.3 is 6.09 Å². The highest BCUT2D eigenvalue weighted by Crippen LogP contribution is 2.39. The Balaban J connectivity index is 1.70. The van der Waals surface area contributed by atoms with Gasteiger partial charge in [-0.3, -0.25) is 14.4 Å². The van der Waals surface area contributed by atoms with E-state index in [4.69, 9.17) is 9.84 Å². The largest absolute Gasteiger partial charge is 0.486 e. The number of carboxylic acid groups (broad SMARTS) is 1. The quantitative estimate of drug-likeness (QED) is 0.725. The second-order valence-electron chi connectivity index (χ2n) is 7.28. The average Bonchev–Trinajstić information content (AvgIpc) is 2.66. The first-order chi connectivity index (χ1) is 14.7. The maximum atomic E-state index is 13.3. The first-order valence-corrected chi connectivity index (χ1v) is 11.0. The van der Waals surface area contributed by atoms with Gasteiger partial charge in [0.2, 0.25) is 5.91 Å². The minimum absolute atomic E-state index is 0.00397. The van der Waals surface area contributed by atoms with Gasteiger partial charge in [-0.25, -0.2) is 17.6 Å². The third-order valence-corrected chi connectivity index (χ3v) is 6.95. The molecule has 1 atom stereocenters. The second kappa shape index (κ2) is 8.06. The summed E-state index contributed by atoms with van der Waals surface area (Å²) >= 11 is 0. The summed E-state index contributed by atoms with van der Waals surface area (Å²) in [4.78, 5) is 24.9. The van der Waals surface area contributed by atoms with Gasteiger partial charge in [0.05, 0.1) is 23.5 Å². The fourth-order valence-electron chi connectivity index (χ4n) is 3.47. The number of rotatable bonds is 5. The van der Waals surface area contributed by atoms with E-state index in [1.165, 1.54) is 18.2 Å². The summed E-state index contributed by atoms with van der Waals surface area (Å²) in [5.74, 6) is -0.496. The number of anilines is 2. The van der Waals surface area contributed by atoms with Crippen LogP contribution in [0.2, 0.25) is 0 Å². The molecule has 1 fully saturated rings. The van der Waals surface area contributed by atoms with E-state index in [-0.39, 0.29) is 40.9 Å². The molecule has 0 aromatic heterocycles. The molecule has 0 bridgehead atoms. The highest BCUT2D eigenvalue weighted by molar-refractivity contribution is 7.92. The molecular formula is C20H20FN3O6S. The molecule has 2 aliphatic rings. The Labute approximate surface area is 178 Å². The van der Waals surface area contributed by atoms with E-state index in [1.54, 1.807) is 4.90 Å². The molecular weight excluding hydrogens is 429 g/mol. The van der Waals surface area contributed by atoms with Crippen LogP contribution in [0.4, 0.5) is 20.6 Å². The molecule has 31 heavy (non-hydrogen) atoms. The molecule has 2 N–H and O–H groups in total. The number of hydrogen-bond donors (Lipinski definition) is 2. The second-order valence-corrected chi connectivity index (χ2v) is 9.14. The number of likely N-dealkylation sites (tertiary alicyclic amines) is 1. The van der Waals surface area contributed by atoms with Gasteiger partial charge in [0, 0.05) is 18.8 Å². The SMILES string of the molecule is O=C(O)Nc1ccc2c(c1)N(S(=O)(=O)c1ccc(F)cc1)CC(CC(=O)N1CCC1)O2. The Morgan fingerprint density at radius 2 is 1.87 bits per heavy atom. The predicted molar refractivity (Wildman–Crippen MR) is 109 cm³/mol. The summed E-state index contributed by atoms with van der Waals surface area (Å²) in [7, 11) is -4.13. The Morgan fingerprint density at radius 1 is 1.16 bits per heavy atom. The van der Waals surface area contributed by atoms with Crippen molar-refractivity contribution in [3.05, 3.63) is 48.3 Å². The van der Waals surface area contributed by atoms with E-state index in [0.29, 0.717) is 13.1 Å². The Morgan fingerprint density at radius 3 is 2.48 bits per heavy atom. The van der Waals surface area contributed by atoms with Gasteiger partial charge in [-0.15, -0.1) is 0 Å². The van der Waals surface area contributed by atoms with E-state index in [1.807, 2.05) is 0 Å². The van der Waals surface area contributed by atoms with Crippen molar-refractivity contribution in [1.82, 2.24) is 4.90 Å². The van der Waals surface area contributed by atoms with Crippen molar-refractivity contribution in [2.45, 2.75) is 23.8 Å². The van der Waals surface area contributed by atoms with Gasteiger partial charge in [-0.1, -0.05) is 0 Å². The van der Waals surface area contributed by atoms with Crippen LogP contribution in [0, 0.1) is 5.82 Å². The lowest BCUT2D eigenvalue weighted by Crippen LogP contribution is -2.48. The molecule has 0 radical (unpaired) electrons. The molecule has 2 aromatic carbocycles. The number of benzene rings is 2. The van der Waals surface area contributed by atoms with E-state index in [2.05, 4.69) is 5.32 Å². The zero-order chi connectivity index (χ0) is 22.2. The van der Waals surface area contributed by atoms with Crippen LogP contribution in [0.1, 0.15) is 12.8 Å². The number of nitrogens with one attached hydrogen (secondary N) is 1. The molecule has 4 rings (SSSR count). The minimum Gasteiger partial charge on any atom is -0.486 e. The summed E-state index contributed by atoms with van der Waals surface area (Å²) in [6, 6.07) is 8.63. The molecule has 1 unspecified atom stereocenters. The highest BCUT2D eigenvalue weighted by Gasteiger charge is 2.36. The van der Waals surface area contributed by atoms with Crippen molar-refractivity contribution in [2.75, 3.05) is 29.3 Å². The molecule has 9 nitrogen and oxygen atoms in total. The van der Waals surface area contributed by atoms with Crippen LogP contribution < -0.4 is 14.4 Å². The number of sulfonamides is 1. The maximum absolute atomic E-state index is 13.3. The van der Waals surface area contributed by atoms with Gasteiger partial charge in [0.25, 0.3) is 10.0 Å². The first kappa shape index (κ1) is 20.9. The van der Waals surface area contributed by atoms with Crippen LogP contribution in [0.3, 0.4) is 0 Å². The van der Waals surface area contributed by atoms with E-state index < -0.39 is 28.0 Å². The number of halogens is 1. The Bertz CT molecular complexity index is 1120. The zero-order valence-electron chi connectivity index (χ0n) is 16.3. The van der Waals surface area contributed by atoms with Crippen LogP contribution >= 0.6 is 0 Å². The summed E-state index contributed by atoms with van der Waals surface area (Å²) in [6.07, 6.45) is -1.09. The first-order valence-electron chi connectivity index (χ1n) is 9.61. The van der Waals surface area contributed by atoms with Gasteiger partial charge in [-0.2, -0.15) is 0 Å². The number of nitrogens with zero attached hydrogens (tertiary/aromatic N) is 2. The van der Waals surface area contributed by atoms with E-state index in [0.717, 1.165) is 35.0 Å². The minimum atomic E-state index is -4.13. The van der Waals surface area contributed by atoms with E-state index >= 15 is 0 Å². The third-order valence-electron chi connectivity index (χ3n) is 5.15. The average molecular weight is 449 g/mol. The Kier molecular flexibility index (Phi) is 5.44. The Hall–Kier alpha value is -3.34. The lowest BCUT2D eigenvalue weighted by atomic mass is 10.1. The number of carbonyl (C=O) groups is 2. The predicted octanol–water partition coefficient (Wildman–Crippen LogP) is 2.49. The monoisotopic (exact) mass is 449 g/mol. The number of amides is 2. The van der Waals surface area contributed by atoms with Gasteiger partial charge in [-0.05, 0) is 48.9 Å². The van der Waals surface area contributed by atoms with Gasteiger partial charge < -0.3 is 14.7 Å². The van der Waals surface area contributed by atoms with Crippen LogP contribution in [-0.4, -0.2) is 56.2 Å². The molecule has 0 saturated carbocycles. The van der Waals surface area contributed by atoms with Crippen LogP contribution in [-0.2, 0) is 14.8 Å². The van der Waals surface area contributed by atoms with Crippen LogP contribution in [0.25, 0.3) is 0 Å². The molecule has 11 heteroatoms. The highest BCUT2D eigenvalue weighted by atomic mass is 32.2. The number of fused-ring (bicyclic) bond motifs is 1. The summed E-state index contributed by atoms with van der Waals surface area (Å²) < 4.78 is 46.9. The molecule has 0 aliphatic carbocycles. The molecule has 0 spiro atoms. The smallest absolute Gasteiger partial charge is 0.409 e. The summed E-state index contributed by atoms with van der Waals surface area (Å²) in [5.41, 5.74) is 0.285. The summed E-state index contributed by atoms with van der Waals surface area (Å²) in [6.45, 7) is 1.19. The van der Waals surface area contributed by atoms with Crippen molar-refractivity contribution in [3.8, 4) is 5.75 Å². The lowest BCUT2D eigenvalue weighted by molar-refractivity contribution is -0.136. The molecule has 2 aliphatic heterocycles. The van der Waals surface area contributed by atoms with Crippen molar-refractivity contribution < 1.29 is 32.2 Å². The number of carbonyl (C=O) groups excluding carboxylic acids is 1. The van der Waals surface area contributed by atoms with Crippen molar-refractivity contribution in [2.24, 2.45) is 0 Å². The summed E-state index contributed by atoms with van der Waals surface area (Å²) in [5, 5.41) is 11.1. The van der Waals surface area contributed by atoms with Crippen molar-refractivity contribution >= 4 is 33.4 Å². The number of ether oxygens (including phenoxy) is 1. The third kappa shape index (κ3) is 4.26. The topological polar surface area (TPSA) is 116 Å². The molecule has 164 valence electrons. The fraction of sp³-hybridized carbons (Fsp3) is 0.300. The van der Waals surface area contributed by atoms with Gasteiger partial charge in [0.1, 0.15) is 17.7 Å². The molecule has 2 aromatic rings. The number of hydrogen-bond acceptors (Lipinski definition) is 5. The van der Waals surface area contributed by atoms with Crippen LogP contribution in [0.15, 0.2) is 47.4 Å². The zero-order valence-corrected chi connectivity index (χ0v) is 17.1. The molecule has 2 heterocycles. The fourth-order valence-corrected chi connectivity index (χ4v) is 4.97. The standard InChI is InChI=1S/C20H20FN3O6S/c21-13-2-5-16(6-3-13)31(28,29)24-12-15(11-19(25)23-8-1-9-23)30-18-7-4-14(10-17(18)24)22-20(26)27/h2-7,10,15,22H,1,8-9,11-12H2,(H,26,27). The maximum Gasteiger partial charge on any atom is 0.409 e. The lowest BCUT2D eigenvalue weighted by Gasteiger charge is -2.37. The van der Waals surface area contributed by atoms with E-state index in [9.17, 15) is 22.4 Å². The van der Waals surface area contributed by atoms with Crippen LogP contribution in [0.5, 0.6) is 5.75 Å².